The van der Waals surface area contributed by atoms with Crippen molar-refractivity contribution in [2.45, 2.75) is 115 Å². The highest BCUT2D eigenvalue weighted by Crippen LogP contribution is 2.42. The Labute approximate surface area is 439 Å². The Bertz CT molecular complexity index is 2020. The number of benzene rings is 3. The lowest BCUT2D eigenvalue weighted by atomic mass is 9.91. The Hall–Kier alpha value is -5.00. The molecule has 17 heteroatoms. The number of rotatable bonds is 39. The second-order valence-corrected chi connectivity index (χ2v) is 18.1. The maximum absolute atomic E-state index is 14.5. The first-order valence-corrected chi connectivity index (χ1v) is 26.6. The number of amides is 2. The van der Waals surface area contributed by atoms with Crippen LogP contribution in [0.4, 0.5) is 0 Å². The third kappa shape index (κ3) is 21.4. The van der Waals surface area contributed by atoms with Gasteiger partial charge in [-0.1, -0.05) is 44.4 Å². The van der Waals surface area contributed by atoms with Gasteiger partial charge in [0.2, 0.25) is 17.6 Å². The van der Waals surface area contributed by atoms with E-state index < -0.39 is 24.0 Å². The molecule has 0 unspecified atom stereocenters. The third-order valence-electron chi connectivity index (χ3n) is 12.7. The van der Waals surface area contributed by atoms with Crippen molar-refractivity contribution in [3.05, 3.63) is 71.3 Å². The summed E-state index contributed by atoms with van der Waals surface area (Å²) < 4.78 is 62.7. The lowest BCUT2D eigenvalue weighted by Crippen LogP contribution is -2.50. The van der Waals surface area contributed by atoms with Crippen LogP contribution in [0.2, 0.25) is 0 Å². The lowest BCUT2D eigenvalue weighted by Gasteiger charge is -2.37. The van der Waals surface area contributed by atoms with Crippen molar-refractivity contribution >= 4 is 29.4 Å². The van der Waals surface area contributed by atoms with Gasteiger partial charge in [0.15, 0.2) is 23.0 Å². The van der Waals surface area contributed by atoms with Gasteiger partial charge in [0.25, 0.3) is 0 Å². The minimum atomic E-state index is -0.776. The van der Waals surface area contributed by atoms with Gasteiger partial charge in [0, 0.05) is 32.1 Å². The average molecular weight is 1040 g/mol. The zero-order valence-electron chi connectivity index (χ0n) is 44.4. The summed E-state index contributed by atoms with van der Waals surface area (Å²) in [7, 11) is 7.80. The normalized spacial score (nSPS) is 14.2. The second kappa shape index (κ2) is 36.0. The van der Waals surface area contributed by atoms with Crippen LogP contribution in [0.25, 0.3) is 0 Å². The van der Waals surface area contributed by atoms with Crippen molar-refractivity contribution in [2.75, 3.05) is 114 Å². The van der Waals surface area contributed by atoms with Crippen LogP contribution in [0, 0.1) is 0 Å². The molecular weight excluding hydrogens is 960 g/mol. The summed E-state index contributed by atoms with van der Waals surface area (Å²) in [5.74, 6) is 2.61. The first-order chi connectivity index (χ1) is 35.7. The number of ether oxygens (including phenoxy) is 11. The van der Waals surface area contributed by atoms with E-state index in [9.17, 15) is 14.4 Å². The van der Waals surface area contributed by atoms with Crippen molar-refractivity contribution in [2.24, 2.45) is 0 Å². The Morgan fingerprint density at radius 3 is 1.90 bits per heavy atom. The molecule has 1 N–H and O–H groups in total. The van der Waals surface area contributed by atoms with Crippen LogP contribution >= 0.6 is 11.6 Å². The number of likely N-dealkylation sites (tertiary alicyclic amines) is 1. The van der Waals surface area contributed by atoms with Crippen LogP contribution in [0.5, 0.6) is 34.5 Å². The van der Waals surface area contributed by atoms with Gasteiger partial charge in [0.05, 0.1) is 87.7 Å². The molecule has 1 saturated heterocycles. The molecule has 73 heavy (non-hydrogen) atoms. The molecule has 2 amide bonds. The molecule has 1 aliphatic rings. The van der Waals surface area contributed by atoms with Gasteiger partial charge in [-0.15, -0.1) is 11.6 Å². The van der Waals surface area contributed by atoms with Gasteiger partial charge in [-0.05, 0) is 117 Å². The van der Waals surface area contributed by atoms with Gasteiger partial charge in [-0.3, -0.25) is 9.59 Å². The number of carbonyl (C=O) groups is 3. The molecule has 0 saturated carbocycles. The van der Waals surface area contributed by atoms with E-state index in [4.69, 9.17) is 63.7 Å². The van der Waals surface area contributed by atoms with Gasteiger partial charge in [-0.2, -0.15) is 0 Å². The van der Waals surface area contributed by atoms with E-state index in [1.165, 1.54) is 21.3 Å². The van der Waals surface area contributed by atoms with Crippen LogP contribution in [0.3, 0.4) is 0 Å². The van der Waals surface area contributed by atoms with Crippen LogP contribution in [-0.4, -0.2) is 143 Å². The summed E-state index contributed by atoms with van der Waals surface area (Å²) in [6, 6.07) is 16.0. The predicted octanol–water partition coefficient (Wildman–Crippen LogP) is 9.44. The molecular formula is C56H83ClN2O14. The van der Waals surface area contributed by atoms with Crippen molar-refractivity contribution < 1.29 is 66.5 Å². The molecule has 3 aromatic rings. The summed E-state index contributed by atoms with van der Waals surface area (Å²) in [6.07, 6.45) is 10.1. The number of halogens is 1. The summed E-state index contributed by atoms with van der Waals surface area (Å²) >= 11 is 5.69. The minimum absolute atomic E-state index is 0.0374. The van der Waals surface area contributed by atoms with Crippen molar-refractivity contribution in [3.63, 3.8) is 0 Å². The second-order valence-electron chi connectivity index (χ2n) is 17.8. The molecule has 0 aliphatic carbocycles. The van der Waals surface area contributed by atoms with Crippen molar-refractivity contribution in [3.8, 4) is 34.5 Å². The molecule has 0 radical (unpaired) electrons. The molecule has 0 aromatic heterocycles. The van der Waals surface area contributed by atoms with E-state index in [-0.39, 0.29) is 18.4 Å². The van der Waals surface area contributed by atoms with E-state index in [0.717, 1.165) is 81.4 Å². The van der Waals surface area contributed by atoms with Crippen LogP contribution < -0.4 is 33.7 Å². The molecule has 16 nitrogen and oxygen atoms in total. The number of unbranched alkanes of at least 4 members (excludes halogenated alkanes) is 5. The third-order valence-corrected chi connectivity index (χ3v) is 12.9. The fourth-order valence-electron chi connectivity index (χ4n) is 8.68. The zero-order chi connectivity index (χ0) is 52.5. The van der Waals surface area contributed by atoms with Crippen LogP contribution in [0.1, 0.15) is 119 Å². The number of hydrogen-bond donors (Lipinski definition) is 1. The molecule has 1 heterocycles. The number of carbonyl (C=O) groups excluding carboxylic acids is 3. The average Bonchev–Trinajstić information content (AvgIpc) is 3.42. The number of esters is 1. The number of methoxy groups -OCH3 is 5. The first-order valence-electron chi connectivity index (χ1n) is 26.1. The molecule has 1 aliphatic heterocycles. The Balaban J connectivity index is 1.24. The standard InChI is InChI=1S/C56H83ClN2O14/c1-7-46(44-40-51(65-4)54(67-6)52(41-44)66-5)55(61)59-28-14-12-20-47(59)56(62)73-48(24-22-42-23-25-49(63-2)50(38-42)64-3)43-18-17-19-45(39-43)72-31-27-58-53(60)21-11-10-16-30-69-33-35-71-37-36-70-34-32-68-29-15-9-8-13-26-57/h17-19,23,25,38-41,46-48H,7-16,20-22,24,26-37H2,1-6H3,(H,58,60)/t46-,47-,48+/m0/s1. The van der Waals surface area contributed by atoms with Crippen molar-refractivity contribution in [1.29, 1.82) is 0 Å². The number of nitrogens with one attached hydrogen (secondary N) is 1. The Kier molecular flexibility index (Phi) is 29.9. The Morgan fingerprint density at radius 2 is 1.29 bits per heavy atom. The van der Waals surface area contributed by atoms with Crippen molar-refractivity contribution in [1.82, 2.24) is 10.2 Å². The maximum atomic E-state index is 14.5. The number of alkyl halides is 1. The van der Waals surface area contributed by atoms with E-state index in [0.29, 0.717) is 132 Å². The van der Waals surface area contributed by atoms with E-state index in [2.05, 4.69) is 5.32 Å². The fourth-order valence-corrected chi connectivity index (χ4v) is 8.86. The summed E-state index contributed by atoms with van der Waals surface area (Å²) in [6.45, 7) is 7.55. The van der Waals surface area contributed by atoms with Gasteiger partial charge in [0.1, 0.15) is 24.5 Å². The SMILES string of the molecule is CC[C@H](C(=O)N1CCCC[C@H]1C(=O)O[C@H](CCc1ccc(OC)c(OC)c1)c1cccc(OCCNC(=O)CCCCCOCCOCCOCCOCCCCCCCl)c1)c1cc(OC)c(OC)c(OC)c1. The maximum Gasteiger partial charge on any atom is 0.329 e. The van der Waals surface area contributed by atoms with Gasteiger partial charge < -0.3 is 62.3 Å². The molecule has 1 fully saturated rings. The molecule has 408 valence electrons. The molecule has 3 aromatic carbocycles. The molecule has 0 spiro atoms. The smallest absolute Gasteiger partial charge is 0.329 e. The molecule has 3 atom stereocenters. The van der Waals surface area contributed by atoms with Crippen LogP contribution in [0.15, 0.2) is 54.6 Å². The molecule has 0 bridgehead atoms. The van der Waals surface area contributed by atoms with E-state index >= 15 is 0 Å². The largest absolute Gasteiger partial charge is 0.493 e. The number of hydrogen-bond acceptors (Lipinski definition) is 14. The topological polar surface area (TPSA) is 168 Å². The predicted molar refractivity (Wildman–Crippen MR) is 281 cm³/mol. The number of piperidine rings is 1. The summed E-state index contributed by atoms with van der Waals surface area (Å²) in [5.41, 5.74) is 2.42. The fraction of sp³-hybridized carbons (Fsp3) is 0.625. The highest BCUT2D eigenvalue weighted by atomic mass is 35.5. The van der Waals surface area contributed by atoms with E-state index in [1.807, 2.05) is 49.4 Å². The van der Waals surface area contributed by atoms with E-state index in [1.54, 1.807) is 31.3 Å². The number of aryl methyl sites for hydroxylation is 1. The van der Waals surface area contributed by atoms with Crippen LogP contribution in [-0.2, 0) is 44.5 Å². The minimum Gasteiger partial charge on any atom is -0.493 e. The summed E-state index contributed by atoms with van der Waals surface area (Å²) in [5, 5.41) is 2.95. The highest BCUT2D eigenvalue weighted by Gasteiger charge is 2.38. The highest BCUT2D eigenvalue weighted by molar-refractivity contribution is 6.17. The summed E-state index contributed by atoms with van der Waals surface area (Å²) in [4.78, 5) is 43.2. The monoisotopic (exact) mass is 1040 g/mol. The number of nitrogens with zero attached hydrogens (tertiary/aromatic N) is 1. The lowest BCUT2D eigenvalue weighted by molar-refractivity contribution is -0.162. The molecule has 4 rings (SSSR count). The van der Waals surface area contributed by atoms with Gasteiger partial charge >= 0.3 is 5.97 Å². The Morgan fingerprint density at radius 1 is 0.658 bits per heavy atom. The zero-order valence-corrected chi connectivity index (χ0v) is 45.1. The first kappa shape index (κ1) is 60.6. The quantitative estimate of drug-likeness (QED) is 0.0326. The van der Waals surface area contributed by atoms with Gasteiger partial charge in [-0.25, -0.2) is 4.79 Å².